The molecular weight excluding hydrogens is 391 g/mol. The summed E-state index contributed by atoms with van der Waals surface area (Å²) >= 11 is 5.54. The molecule has 0 spiro atoms. The number of nitrogens with one attached hydrogen (secondary N) is 2. The van der Waals surface area contributed by atoms with Crippen LogP contribution < -0.4 is 10.6 Å². The van der Waals surface area contributed by atoms with Gasteiger partial charge in [-0.25, -0.2) is 0 Å². The highest BCUT2D eigenvalue weighted by Gasteiger charge is 2.34. The summed E-state index contributed by atoms with van der Waals surface area (Å²) in [5, 5.41) is 4.45. The van der Waals surface area contributed by atoms with Crippen molar-refractivity contribution in [2.45, 2.75) is 18.6 Å². The molecule has 2 N–H and O–H groups in total. The standard InChI is InChI=1S/C16H17ClF3N3O4/c1-27-14(25)7-12-15(26)21-4-5-23(12)8-13(24)22-9-2-3-11(17)10(6-9)16(18,19)20/h2-3,6,12H,4-5,7-8H2,1H3,(H,21,26)(H,22,24)/t12-/m1/s1. The van der Waals surface area contributed by atoms with Gasteiger partial charge in [-0.1, -0.05) is 11.6 Å². The fourth-order valence-electron chi connectivity index (χ4n) is 2.62. The smallest absolute Gasteiger partial charge is 0.417 e. The Bertz CT molecular complexity index is 742. The number of methoxy groups -OCH3 is 1. The highest BCUT2D eigenvalue weighted by atomic mass is 35.5. The van der Waals surface area contributed by atoms with E-state index >= 15 is 0 Å². The third kappa shape index (κ3) is 5.57. The zero-order valence-corrected chi connectivity index (χ0v) is 15.0. The predicted octanol–water partition coefficient (Wildman–Crippen LogP) is 1.66. The summed E-state index contributed by atoms with van der Waals surface area (Å²) in [6, 6.07) is 2.11. The Hall–Kier alpha value is -2.33. The molecule has 1 atom stereocenters. The molecule has 0 unspecified atom stereocenters. The minimum atomic E-state index is -4.66. The summed E-state index contributed by atoms with van der Waals surface area (Å²) in [4.78, 5) is 37.1. The SMILES string of the molecule is COC(=O)C[C@@H]1C(=O)NCCN1CC(=O)Nc1ccc(Cl)c(C(F)(F)F)c1. The van der Waals surface area contributed by atoms with Gasteiger partial charge in [-0.05, 0) is 18.2 Å². The second-order valence-corrected chi connectivity index (χ2v) is 6.21. The third-order valence-corrected chi connectivity index (χ3v) is 4.26. The van der Waals surface area contributed by atoms with E-state index in [4.69, 9.17) is 11.6 Å². The number of piperazine rings is 1. The molecule has 7 nitrogen and oxygen atoms in total. The minimum absolute atomic E-state index is 0.0808. The van der Waals surface area contributed by atoms with Crippen molar-refractivity contribution in [3.05, 3.63) is 28.8 Å². The number of nitrogens with zero attached hydrogens (tertiary/aromatic N) is 1. The Labute approximate surface area is 157 Å². The van der Waals surface area contributed by atoms with Crippen LogP contribution in [0.2, 0.25) is 5.02 Å². The van der Waals surface area contributed by atoms with E-state index in [1.165, 1.54) is 18.1 Å². The summed E-state index contributed by atoms with van der Waals surface area (Å²) < 4.78 is 43.2. The van der Waals surface area contributed by atoms with E-state index < -0.39 is 40.6 Å². The number of amides is 2. The maximum absolute atomic E-state index is 12.9. The van der Waals surface area contributed by atoms with Crippen molar-refractivity contribution < 1.29 is 32.3 Å². The Morgan fingerprint density at radius 1 is 1.41 bits per heavy atom. The summed E-state index contributed by atoms with van der Waals surface area (Å²) in [6.45, 7) is 0.303. The number of halogens is 4. The zero-order chi connectivity index (χ0) is 20.2. The Morgan fingerprint density at radius 3 is 2.74 bits per heavy atom. The van der Waals surface area contributed by atoms with Crippen LogP contribution in [0.15, 0.2) is 18.2 Å². The second kappa shape index (κ2) is 8.57. The Kier molecular flexibility index (Phi) is 6.66. The molecule has 0 bridgehead atoms. The van der Waals surface area contributed by atoms with Crippen molar-refractivity contribution in [1.29, 1.82) is 0 Å². The molecule has 1 aliphatic heterocycles. The van der Waals surface area contributed by atoms with Gasteiger partial charge in [0.25, 0.3) is 0 Å². The lowest BCUT2D eigenvalue weighted by molar-refractivity contribution is -0.146. The molecule has 27 heavy (non-hydrogen) atoms. The van der Waals surface area contributed by atoms with Crippen LogP contribution in [0.5, 0.6) is 0 Å². The molecule has 11 heteroatoms. The molecule has 1 aromatic rings. The topological polar surface area (TPSA) is 87.7 Å². The van der Waals surface area contributed by atoms with E-state index in [0.717, 1.165) is 12.1 Å². The molecule has 1 aromatic carbocycles. The van der Waals surface area contributed by atoms with Gasteiger partial charge in [-0.3, -0.25) is 19.3 Å². The van der Waals surface area contributed by atoms with Crippen molar-refractivity contribution in [3.63, 3.8) is 0 Å². The van der Waals surface area contributed by atoms with Crippen LogP contribution in [0.4, 0.5) is 18.9 Å². The molecule has 1 saturated heterocycles. The number of benzene rings is 1. The number of ether oxygens (including phenoxy) is 1. The van der Waals surface area contributed by atoms with Crippen molar-refractivity contribution in [2.24, 2.45) is 0 Å². The van der Waals surface area contributed by atoms with E-state index in [1.54, 1.807) is 0 Å². The minimum Gasteiger partial charge on any atom is -0.469 e. The average Bonchev–Trinajstić information content (AvgIpc) is 2.58. The molecule has 1 aliphatic rings. The van der Waals surface area contributed by atoms with Crippen LogP contribution in [0.25, 0.3) is 0 Å². The number of carbonyl (C=O) groups excluding carboxylic acids is 3. The van der Waals surface area contributed by atoms with E-state index in [1.807, 2.05) is 0 Å². The lowest BCUT2D eigenvalue weighted by Gasteiger charge is -2.33. The van der Waals surface area contributed by atoms with Crippen LogP contribution in [0, 0.1) is 0 Å². The molecular formula is C16H17ClF3N3O4. The van der Waals surface area contributed by atoms with E-state index in [-0.39, 0.29) is 25.2 Å². The molecule has 0 aliphatic carbocycles. The van der Waals surface area contributed by atoms with Gasteiger partial charge in [-0.2, -0.15) is 13.2 Å². The summed E-state index contributed by atoms with van der Waals surface area (Å²) in [6.07, 6.45) is -4.90. The van der Waals surface area contributed by atoms with Crippen LogP contribution in [-0.2, 0) is 25.3 Å². The van der Waals surface area contributed by atoms with Crippen LogP contribution >= 0.6 is 11.6 Å². The maximum atomic E-state index is 12.9. The van der Waals surface area contributed by atoms with E-state index in [9.17, 15) is 27.6 Å². The van der Waals surface area contributed by atoms with Crippen LogP contribution in [0.1, 0.15) is 12.0 Å². The van der Waals surface area contributed by atoms with Crippen molar-refractivity contribution in [3.8, 4) is 0 Å². The van der Waals surface area contributed by atoms with Gasteiger partial charge in [0.05, 0.1) is 30.7 Å². The summed E-state index contributed by atoms with van der Waals surface area (Å²) in [5.74, 6) is -1.67. The highest BCUT2D eigenvalue weighted by Crippen LogP contribution is 2.36. The molecule has 1 fully saturated rings. The lowest BCUT2D eigenvalue weighted by Crippen LogP contribution is -2.57. The van der Waals surface area contributed by atoms with E-state index in [0.29, 0.717) is 6.54 Å². The summed E-state index contributed by atoms with van der Waals surface area (Å²) in [5.41, 5.74) is -1.15. The zero-order valence-electron chi connectivity index (χ0n) is 14.2. The normalized spacial score (nSPS) is 18.0. The number of esters is 1. The number of hydrogen-bond acceptors (Lipinski definition) is 5. The van der Waals surface area contributed by atoms with Gasteiger partial charge in [0.2, 0.25) is 11.8 Å². The molecule has 0 radical (unpaired) electrons. The second-order valence-electron chi connectivity index (χ2n) is 5.80. The van der Waals surface area contributed by atoms with Gasteiger partial charge in [0.1, 0.15) is 6.04 Å². The first-order valence-electron chi connectivity index (χ1n) is 7.87. The van der Waals surface area contributed by atoms with Gasteiger partial charge >= 0.3 is 12.1 Å². The molecule has 2 amide bonds. The number of anilines is 1. The highest BCUT2D eigenvalue weighted by molar-refractivity contribution is 6.31. The fraction of sp³-hybridized carbons (Fsp3) is 0.438. The first-order valence-corrected chi connectivity index (χ1v) is 8.24. The van der Waals surface area contributed by atoms with Crippen molar-refractivity contribution in [1.82, 2.24) is 10.2 Å². The quantitative estimate of drug-likeness (QED) is 0.725. The van der Waals surface area contributed by atoms with Crippen LogP contribution in [-0.4, -0.2) is 55.5 Å². The fourth-order valence-corrected chi connectivity index (χ4v) is 2.84. The molecule has 2 rings (SSSR count). The largest absolute Gasteiger partial charge is 0.469 e. The number of alkyl halides is 3. The number of rotatable bonds is 5. The van der Waals surface area contributed by atoms with Gasteiger partial charge in [0.15, 0.2) is 0 Å². The first-order chi connectivity index (χ1) is 12.6. The lowest BCUT2D eigenvalue weighted by atomic mass is 10.1. The number of hydrogen-bond donors (Lipinski definition) is 2. The van der Waals surface area contributed by atoms with Gasteiger partial charge in [0, 0.05) is 18.8 Å². The number of carbonyl (C=O) groups is 3. The first kappa shape index (κ1) is 21.0. The average molecular weight is 408 g/mol. The third-order valence-electron chi connectivity index (χ3n) is 3.93. The van der Waals surface area contributed by atoms with E-state index in [2.05, 4.69) is 15.4 Å². The van der Waals surface area contributed by atoms with Gasteiger partial charge in [-0.15, -0.1) is 0 Å². The summed E-state index contributed by atoms with van der Waals surface area (Å²) in [7, 11) is 1.18. The monoisotopic (exact) mass is 407 g/mol. The Balaban J connectivity index is 2.07. The van der Waals surface area contributed by atoms with Gasteiger partial charge < -0.3 is 15.4 Å². The molecule has 148 valence electrons. The van der Waals surface area contributed by atoms with Crippen molar-refractivity contribution >= 4 is 35.1 Å². The molecule has 0 saturated carbocycles. The molecule has 0 aromatic heterocycles. The Morgan fingerprint density at radius 2 is 2.11 bits per heavy atom. The predicted molar refractivity (Wildman–Crippen MR) is 90.1 cm³/mol. The molecule has 1 heterocycles. The maximum Gasteiger partial charge on any atom is 0.417 e. The van der Waals surface area contributed by atoms with Crippen molar-refractivity contribution in [2.75, 3.05) is 32.1 Å². The van der Waals surface area contributed by atoms with Crippen LogP contribution in [0.3, 0.4) is 0 Å².